The van der Waals surface area contributed by atoms with Gasteiger partial charge >= 0.3 is 0 Å². The first-order valence-electron chi connectivity index (χ1n) is 8.70. The molecule has 6 heteroatoms. The lowest BCUT2D eigenvalue weighted by molar-refractivity contribution is 0.595. The predicted molar refractivity (Wildman–Crippen MR) is 101 cm³/mol. The molecular weight excluding hydrogens is 317 g/mol. The van der Waals surface area contributed by atoms with Crippen molar-refractivity contribution in [3.63, 3.8) is 0 Å². The van der Waals surface area contributed by atoms with E-state index in [1.165, 1.54) is 6.07 Å². The first-order valence-corrected chi connectivity index (χ1v) is 8.70. The first-order chi connectivity index (χ1) is 11.8. The van der Waals surface area contributed by atoms with Crippen LogP contribution in [0.1, 0.15) is 26.6 Å². The van der Waals surface area contributed by atoms with Crippen molar-refractivity contribution in [2.45, 2.75) is 33.2 Å². The number of piperazine rings is 1. The van der Waals surface area contributed by atoms with E-state index in [2.05, 4.69) is 45.9 Å². The number of hydrogen-bond acceptors (Lipinski definition) is 5. The lowest BCUT2D eigenvalue weighted by atomic mass is 10.1. The van der Waals surface area contributed by atoms with Crippen LogP contribution in [0, 0.1) is 12.7 Å². The Kier molecular flexibility index (Phi) is 4.79. The number of aryl methyl sites for hydroxylation is 1. The lowest BCUT2D eigenvalue weighted by Gasteiger charge is -2.37. The Hall–Kier alpha value is -2.37. The maximum absolute atomic E-state index is 14.0. The van der Waals surface area contributed by atoms with Gasteiger partial charge in [-0.15, -0.1) is 0 Å². The highest BCUT2D eigenvalue weighted by molar-refractivity contribution is 5.53. The van der Waals surface area contributed by atoms with E-state index in [1.54, 1.807) is 6.07 Å². The van der Waals surface area contributed by atoms with E-state index >= 15 is 0 Å². The molecule has 5 nitrogen and oxygen atoms in total. The molecule has 0 spiro atoms. The first kappa shape index (κ1) is 17.5. The fourth-order valence-electron chi connectivity index (χ4n) is 3.05. The van der Waals surface area contributed by atoms with Crippen LogP contribution in [-0.2, 0) is 0 Å². The van der Waals surface area contributed by atoms with E-state index in [1.807, 2.05) is 25.1 Å². The van der Waals surface area contributed by atoms with Gasteiger partial charge in [0.1, 0.15) is 23.3 Å². The molecule has 1 saturated heterocycles. The lowest BCUT2D eigenvalue weighted by Crippen LogP contribution is -2.47. The van der Waals surface area contributed by atoms with E-state index in [0.29, 0.717) is 5.69 Å². The van der Waals surface area contributed by atoms with E-state index in [0.717, 1.165) is 43.6 Å². The van der Waals surface area contributed by atoms with Crippen LogP contribution in [0.25, 0.3) is 0 Å². The summed E-state index contributed by atoms with van der Waals surface area (Å²) in [5.41, 5.74) is 0.623. The van der Waals surface area contributed by atoms with Crippen molar-refractivity contribution in [2.24, 2.45) is 0 Å². The van der Waals surface area contributed by atoms with Crippen molar-refractivity contribution < 1.29 is 4.39 Å². The molecule has 0 amide bonds. The number of hydrogen-bond donors (Lipinski definition) is 1. The SMILES string of the molecule is Cc1nc(NC(C)(C)C)cc(N2CCN(c3ccccc3F)CC2)n1. The fraction of sp³-hybridized carbons (Fsp3) is 0.474. The zero-order valence-corrected chi connectivity index (χ0v) is 15.4. The van der Waals surface area contributed by atoms with Crippen LogP contribution >= 0.6 is 0 Å². The van der Waals surface area contributed by atoms with Crippen molar-refractivity contribution in [1.82, 2.24) is 9.97 Å². The smallest absolute Gasteiger partial charge is 0.146 e. The second-order valence-corrected chi connectivity index (χ2v) is 7.46. The molecule has 0 unspecified atom stereocenters. The summed E-state index contributed by atoms with van der Waals surface area (Å²) >= 11 is 0. The maximum Gasteiger partial charge on any atom is 0.146 e. The van der Waals surface area contributed by atoms with Crippen LogP contribution in [0.15, 0.2) is 30.3 Å². The van der Waals surface area contributed by atoms with Crippen molar-refractivity contribution in [3.05, 3.63) is 42.0 Å². The van der Waals surface area contributed by atoms with Crippen LogP contribution in [0.3, 0.4) is 0 Å². The Morgan fingerprint density at radius 3 is 2.28 bits per heavy atom. The number of benzene rings is 1. The molecule has 1 aromatic heterocycles. The highest BCUT2D eigenvalue weighted by Gasteiger charge is 2.21. The number of rotatable bonds is 3. The van der Waals surface area contributed by atoms with Crippen molar-refractivity contribution in [3.8, 4) is 0 Å². The van der Waals surface area contributed by atoms with Gasteiger partial charge in [0.05, 0.1) is 5.69 Å². The van der Waals surface area contributed by atoms with Gasteiger partial charge in [0.2, 0.25) is 0 Å². The summed E-state index contributed by atoms with van der Waals surface area (Å²) in [5, 5.41) is 3.41. The normalized spacial score (nSPS) is 15.4. The second-order valence-electron chi connectivity index (χ2n) is 7.46. The van der Waals surface area contributed by atoms with Crippen LogP contribution in [0.2, 0.25) is 0 Å². The Morgan fingerprint density at radius 2 is 1.64 bits per heavy atom. The largest absolute Gasteiger partial charge is 0.366 e. The van der Waals surface area contributed by atoms with Crippen molar-refractivity contribution in [2.75, 3.05) is 41.3 Å². The minimum absolute atomic E-state index is 0.0540. The standard InChI is InChI=1S/C19H26FN5/c1-14-21-17(23-19(2,3)4)13-18(22-14)25-11-9-24(10-12-25)16-8-6-5-7-15(16)20/h5-8,13H,9-12H2,1-4H3,(H,21,22,23). The van der Waals surface area contributed by atoms with Crippen LogP contribution < -0.4 is 15.1 Å². The maximum atomic E-state index is 14.0. The Balaban J connectivity index is 1.72. The van der Waals surface area contributed by atoms with Gasteiger partial charge in [0.25, 0.3) is 0 Å². The third-order valence-corrected chi connectivity index (χ3v) is 4.12. The van der Waals surface area contributed by atoms with E-state index in [-0.39, 0.29) is 11.4 Å². The number of para-hydroxylation sites is 1. The molecule has 3 rings (SSSR count). The minimum Gasteiger partial charge on any atom is -0.366 e. The van der Waals surface area contributed by atoms with Crippen LogP contribution in [0.4, 0.5) is 21.7 Å². The number of halogens is 1. The topological polar surface area (TPSA) is 44.3 Å². The average Bonchev–Trinajstić information content (AvgIpc) is 2.53. The van der Waals surface area contributed by atoms with Crippen LogP contribution in [0.5, 0.6) is 0 Å². The van der Waals surface area contributed by atoms with E-state index < -0.39 is 0 Å². The number of nitrogens with one attached hydrogen (secondary N) is 1. The molecule has 134 valence electrons. The van der Waals surface area contributed by atoms with Gasteiger partial charge in [-0.1, -0.05) is 12.1 Å². The molecule has 25 heavy (non-hydrogen) atoms. The molecule has 1 aromatic carbocycles. The summed E-state index contributed by atoms with van der Waals surface area (Å²) in [6.07, 6.45) is 0. The summed E-state index contributed by atoms with van der Waals surface area (Å²) in [6, 6.07) is 8.95. The van der Waals surface area contributed by atoms with Gasteiger partial charge < -0.3 is 15.1 Å². The molecule has 2 heterocycles. The molecule has 0 atom stereocenters. The van der Waals surface area contributed by atoms with E-state index in [9.17, 15) is 4.39 Å². The summed E-state index contributed by atoms with van der Waals surface area (Å²) < 4.78 is 14.0. The molecule has 0 radical (unpaired) electrons. The Labute approximate surface area is 148 Å². The number of anilines is 3. The molecule has 1 aliphatic heterocycles. The average molecular weight is 343 g/mol. The van der Waals surface area contributed by atoms with Gasteiger partial charge in [-0.25, -0.2) is 14.4 Å². The molecule has 0 bridgehead atoms. The molecule has 1 aliphatic rings. The van der Waals surface area contributed by atoms with Crippen molar-refractivity contribution >= 4 is 17.3 Å². The monoisotopic (exact) mass is 343 g/mol. The predicted octanol–water partition coefficient (Wildman–Crippen LogP) is 3.46. The highest BCUT2D eigenvalue weighted by atomic mass is 19.1. The highest BCUT2D eigenvalue weighted by Crippen LogP contribution is 2.23. The Morgan fingerprint density at radius 1 is 1.00 bits per heavy atom. The zero-order chi connectivity index (χ0) is 18.0. The fourth-order valence-corrected chi connectivity index (χ4v) is 3.05. The minimum atomic E-state index is -0.162. The summed E-state index contributed by atoms with van der Waals surface area (Å²) in [6.45, 7) is 11.4. The quantitative estimate of drug-likeness (QED) is 0.925. The zero-order valence-electron chi connectivity index (χ0n) is 15.4. The third-order valence-electron chi connectivity index (χ3n) is 4.12. The summed E-state index contributed by atoms with van der Waals surface area (Å²) in [5.74, 6) is 2.35. The molecule has 2 aromatic rings. The molecule has 0 saturated carbocycles. The van der Waals surface area contributed by atoms with Gasteiger partial charge in [0.15, 0.2) is 0 Å². The van der Waals surface area contributed by atoms with Crippen molar-refractivity contribution in [1.29, 1.82) is 0 Å². The number of aromatic nitrogens is 2. The van der Waals surface area contributed by atoms with Gasteiger partial charge in [-0.05, 0) is 39.8 Å². The summed E-state index contributed by atoms with van der Waals surface area (Å²) in [4.78, 5) is 13.4. The molecular formula is C19H26FN5. The van der Waals surface area contributed by atoms with E-state index in [4.69, 9.17) is 0 Å². The second kappa shape index (κ2) is 6.86. The van der Waals surface area contributed by atoms with Gasteiger partial charge in [0, 0.05) is 37.8 Å². The van der Waals surface area contributed by atoms with Gasteiger partial charge in [-0.2, -0.15) is 0 Å². The Bertz CT molecular complexity index is 733. The number of nitrogens with zero attached hydrogens (tertiary/aromatic N) is 4. The third kappa shape index (κ3) is 4.38. The molecule has 0 aliphatic carbocycles. The van der Waals surface area contributed by atoms with Gasteiger partial charge in [-0.3, -0.25) is 0 Å². The van der Waals surface area contributed by atoms with Crippen LogP contribution in [-0.4, -0.2) is 41.7 Å². The summed E-state index contributed by atoms with van der Waals surface area (Å²) in [7, 11) is 0. The molecule has 1 fully saturated rings. The molecule has 1 N–H and O–H groups in total.